The smallest absolute Gasteiger partial charge is 0.157 e. The van der Waals surface area contributed by atoms with Crippen LogP contribution in [0.15, 0.2) is 0 Å². The Labute approximate surface area is 99.4 Å². The highest BCUT2D eigenvalue weighted by Gasteiger charge is 2.14. The predicted molar refractivity (Wildman–Crippen MR) is 65.4 cm³/mol. The van der Waals surface area contributed by atoms with E-state index in [2.05, 4.69) is 22.7 Å². The molecule has 0 aliphatic carbocycles. The topological polar surface area (TPSA) is 84.0 Å². The van der Waals surface area contributed by atoms with Gasteiger partial charge in [-0.3, -0.25) is 0 Å². The van der Waals surface area contributed by atoms with Crippen LogP contribution < -0.4 is 11.1 Å². The van der Waals surface area contributed by atoms with Crippen molar-refractivity contribution in [3.63, 3.8) is 0 Å². The zero-order chi connectivity index (χ0) is 12.0. The van der Waals surface area contributed by atoms with E-state index in [1.165, 1.54) is 11.5 Å². The molecule has 88 valence electrons. The number of anilines is 2. The van der Waals surface area contributed by atoms with E-state index in [0.717, 1.165) is 17.8 Å². The maximum atomic E-state index is 8.93. The number of nitrogen functional groups attached to an aromatic ring is 1. The third-order valence-corrected chi connectivity index (χ3v) is 2.96. The van der Waals surface area contributed by atoms with Crippen molar-refractivity contribution < 1.29 is 4.74 Å². The van der Waals surface area contributed by atoms with Gasteiger partial charge in [-0.2, -0.15) is 9.64 Å². The lowest BCUT2D eigenvalue weighted by Gasteiger charge is -2.16. The third kappa shape index (κ3) is 3.08. The Morgan fingerprint density at radius 2 is 2.44 bits per heavy atom. The minimum absolute atomic E-state index is 0.196. The molecule has 0 amide bonds. The first-order chi connectivity index (χ1) is 7.72. The van der Waals surface area contributed by atoms with Crippen LogP contribution in [0.1, 0.15) is 25.3 Å². The Hall–Kier alpha value is -1.32. The van der Waals surface area contributed by atoms with Crippen LogP contribution in [0.4, 0.5) is 10.8 Å². The molecule has 16 heavy (non-hydrogen) atoms. The highest BCUT2D eigenvalue weighted by atomic mass is 32.1. The summed E-state index contributed by atoms with van der Waals surface area (Å²) in [6.45, 7) is 2.72. The molecule has 0 spiro atoms. The van der Waals surface area contributed by atoms with Gasteiger partial charge >= 0.3 is 0 Å². The number of nitriles is 1. The zero-order valence-corrected chi connectivity index (χ0v) is 10.3. The standard InChI is InChI=1S/C10H16N4OS/c1-3-4-7(6-15-2)13-10-8(5-11)9(12)14-16-10/h7,13H,3-4,6H2,1-2H3,(H2,12,14). The minimum Gasteiger partial charge on any atom is -0.383 e. The molecule has 0 bridgehead atoms. The lowest BCUT2D eigenvalue weighted by atomic mass is 10.2. The van der Waals surface area contributed by atoms with Crippen molar-refractivity contribution in [3.05, 3.63) is 5.56 Å². The molecule has 3 N–H and O–H groups in total. The van der Waals surface area contributed by atoms with Gasteiger partial charge in [-0.05, 0) is 18.0 Å². The number of hydrogen-bond acceptors (Lipinski definition) is 6. The fraction of sp³-hybridized carbons (Fsp3) is 0.600. The van der Waals surface area contributed by atoms with E-state index < -0.39 is 0 Å². The van der Waals surface area contributed by atoms with E-state index in [4.69, 9.17) is 15.7 Å². The van der Waals surface area contributed by atoms with Gasteiger partial charge in [-0.25, -0.2) is 0 Å². The summed E-state index contributed by atoms with van der Waals surface area (Å²) in [4.78, 5) is 0. The maximum Gasteiger partial charge on any atom is 0.157 e. The molecule has 0 fully saturated rings. The van der Waals surface area contributed by atoms with Crippen LogP contribution >= 0.6 is 11.5 Å². The minimum atomic E-state index is 0.196. The monoisotopic (exact) mass is 240 g/mol. The molecular formula is C10H16N4OS. The van der Waals surface area contributed by atoms with Crippen LogP contribution in [0.25, 0.3) is 0 Å². The maximum absolute atomic E-state index is 8.93. The second-order valence-electron chi connectivity index (χ2n) is 3.47. The van der Waals surface area contributed by atoms with Gasteiger partial charge in [-0.1, -0.05) is 13.3 Å². The van der Waals surface area contributed by atoms with Crippen LogP contribution in [0.2, 0.25) is 0 Å². The fourth-order valence-electron chi connectivity index (χ4n) is 1.44. The average Bonchev–Trinajstić information content (AvgIpc) is 2.60. The van der Waals surface area contributed by atoms with Crippen molar-refractivity contribution in [2.45, 2.75) is 25.8 Å². The van der Waals surface area contributed by atoms with Crippen molar-refractivity contribution in [1.29, 1.82) is 5.26 Å². The number of hydrogen-bond donors (Lipinski definition) is 2. The molecule has 6 heteroatoms. The Morgan fingerprint density at radius 1 is 1.69 bits per heavy atom. The molecule has 0 aromatic carbocycles. The molecule has 5 nitrogen and oxygen atoms in total. The summed E-state index contributed by atoms with van der Waals surface area (Å²) >= 11 is 1.22. The molecule has 0 saturated heterocycles. The van der Waals surface area contributed by atoms with E-state index in [1.807, 2.05) is 0 Å². The van der Waals surface area contributed by atoms with Crippen LogP contribution in [-0.4, -0.2) is 24.1 Å². The quantitative estimate of drug-likeness (QED) is 0.792. The van der Waals surface area contributed by atoms with Gasteiger partial charge in [0, 0.05) is 7.11 Å². The van der Waals surface area contributed by atoms with Crippen molar-refractivity contribution in [3.8, 4) is 6.07 Å². The summed E-state index contributed by atoms with van der Waals surface area (Å²) in [6, 6.07) is 2.25. The Kier molecular flexibility index (Phi) is 5.02. The van der Waals surface area contributed by atoms with Gasteiger partial charge in [0.05, 0.1) is 12.6 Å². The number of nitrogens with one attached hydrogen (secondary N) is 1. The summed E-state index contributed by atoms with van der Waals surface area (Å²) in [5.41, 5.74) is 6.01. The summed E-state index contributed by atoms with van der Waals surface area (Å²) in [7, 11) is 1.66. The summed E-state index contributed by atoms with van der Waals surface area (Å²) in [6.07, 6.45) is 2.04. The molecule has 0 aliphatic rings. The summed E-state index contributed by atoms with van der Waals surface area (Å²) in [5, 5.41) is 12.9. The number of aromatic nitrogens is 1. The van der Waals surface area contributed by atoms with Crippen molar-refractivity contribution in [2.24, 2.45) is 0 Å². The second kappa shape index (κ2) is 6.30. The van der Waals surface area contributed by atoms with Gasteiger partial charge in [0.25, 0.3) is 0 Å². The zero-order valence-electron chi connectivity index (χ0n) is 9.49. The Bertz CT molecular complexity index is 365. The number of nitrogens with zero attached hydrogens (tertiary/aromatic N) is 2. The molecule has 1 aromatic rings. The Balaban J connectivity index is 2.73. The van der Waals surface area contributed by atoms with Crippen LogP contribution in [0.5, 0.6) is 0 Å². The first-order valence-corrected chi connectivity index (χ1v) is 5.91. The number of ether oxygens (including phenoxy) is 1. The van der Waals surface area contributed by atoms with Gasteiger partial charge in [-0.15, -0.1) is 0 Å². The third-order valence-electron chi connectivity index (χ3n) is 2.17. The van der Waals surface area contributed by atoms with Gasteiger partial charge in [0.1, 0.15) is 16.6 Å². The van der Waals surface area contributed by atoms with E-state index in [9.17, 15) is 0 Å². The van der Waals surface area contributed by atoms with Crippen molar-refractivity contribution >= 4 is 22.4 Å². The summed E-state index contributed by atoms with van der Waals surface area (Å²) in [5.74, 6) is 0.294. The highest BCUT2D eigenvalue weighted by molar-refractivity contribution is 7.10. The molecule has 0 saturated carbocycles. The highest BCUT2D eigenvalue weighted by Crippen LogP contribution is 2.26. The molecule has 1 aromatic heterocycles. The Morgan fingerprint density at radius 3 is 3.00 bits per heavy atom. The van der Waals surface area contributed by atoms with Crippen molar-refractivity contribution in [2.75, 3.05) is 24.8 Å². The van der Waals surface area contributed by atoms with Crippen molar-refractivity contribution in [1.82, 2.24) is 4.37 Å². The number of rotatable bonds is 6. The molecule has 0 aliphatic heterocycles. The van der Waals surface area contributed by atoms with Crippen LogP contribution in [-0.2, 0) is 4.74 Å². The molecular weight excluding hydrogens is 224 g/mol. The molecule has 1 heterocycles. The summed E-state index contributed by atoms with van der Waals surface area (Å²) < 4.78 is 9.07. The van der Waals surface area contributed by atoms with E-state index in [-0.39, 0.29) is 6.04 Å². The lowest BCUT2D eigenvalue weighted by Crippen LogP contribution is -2.24. The van der Waals surface area contributed by atoms with Crippen LogP contribution in [0, 0.1) is 11.3 Å². The second-order valence-corrected chi connectivity index (χ2v) is 4.24. The largest absolute Gasteiger partial charge is 0.383 e. The first kappa shape index (κ1) is 12.7. The van der Waals surface area contributed by atoms with Gasteiger partial charge in [0.2, 0.25) is 0 Å². The normalized spacial score (nSPS) is 12.1. The SMILES string of the molecule is CCCC(COC)Nc1snc(N)c1C#N. The first-order valence-electron chi connectivity index (χ1n) is 5.13. The van der Waals surface area contributed by atoms with E-state index >= 15 is 0 Å². The molecule has 1 atom stereocenters. The average molecular weight is 240 g/mol. The van der Waals surface area contributed by atoms with Gasteiger partial charge in [0.15, 0.2) is 5.82 Å². The van der Waals surface area contributed by atoms with Gasteiger partial charge < -0.3 is 15.8 Å². The predicted octanol–water partition coefficient (Wildman–Crippen LogP) is 1.82. The number of methoxy groups -OCH3 is 1. The van der Waals surface area contributed by atoms with E-state index in [1.54, 1.807) is 7.11 Å². The van der Waals surface area contributed by atoms with E-state index in [0.29, 0.717) is 18.0 Å². The number of nitrogens with two attached hydrogens (primary N) is 1. The lowest BCUT2D eigenvalue weighted by molar-refractivity contribution is 0.182. The molecule has 0 radical (unpaired) electrons. The molecule has 1 rings (SSSR count). The van der Waals surface area contributed by atoms with Crippen LogP contribution in [0.3, 0.4) is 0 Å². The molecule has 1 unspecified atom stereocenters. The fourth-order valence-corrected chi connectivity index (χ4v) is 2.18.